The van der Waals surface area contributed by atoms with Crippen LogP contribution in [0.15, 0.2) is 0 Å². The molecule has 0 rings (SSSR count). The molecule has 0 fully saturated rings. The van der Waals surface area contributed by atoms with E-state index in [-0.39, 0.29) is 43.4 Å². The molecular weight excluding hydrogens is 817 g/mol. The van der Waals surface area contributed by atoms with Crippen molar-refractivity contribution in [3.8, 4) is 0 Å². The van der Waals surface area contributed by atoms with Gasteiger partial charge in [-0.1, -0.05) is 156 Å². The monoisotopic (exact) mass is 923 g/mol. The summed E-state index contributed by atoms with van der Waals surface area (Å²) in [6.45, 7) is 12.1. The summed E-state index contributed by atoms with van der Waals surface area (Å²) in [6, 6.07) is 0. The summed E-state index contributed by atoms with van der Waals surface area (Å²) in [5.41, 5.74) is 0. The molecule has 10 nitrogen and oxygen atoms in total. The van der Waals surface area contributed by atoms with Crippen LogP contribution in [0, 0.1) is 0 Å². The van der Waals surface area contributed by atoms with Gasteiger partial charge in [-0.05, 0) is 124 Å². The lowest BCUT2D eigenvalue weighted by molar-refractivity contribution is -0.151. The Hall–Kier alpha value is -2.36. The van der Waals surface area contributed by atoms with E-state index in [1.165, 1.54) is 81.9 Å². The van der Waals surface area contributed by atoms with Gasteiger partial charge in [-0.2, -0.15) is 0 Å². The molecule has 0 aliphatic rings. The van der Waals surface area contributed by atoms with Crippen LogP contribution in [0.1, 0.15) is 272 Å². The maximum atomic E-state index is 13.5. The zero-order chi connectivity index (χ0) is 48.0. The second-order valence-electron chi connectivity index (χ2n) is 19.3. The second-order valence-corrected chi connectivity index (χ2v) is 19.3. The van der Waals surface area contributed by atoms with Crippen LogP contribution in [-0.2, 0) is 33.3 Å². The van der Waals surface area contributed by atoms with Crippen LogP contribution in [0.3, 0.4) is 0 Å². The van der Waals surface area contributed by atoms with Crippen molar-refractivity contribution in [3.05, 3.63) is 0 Å². The predicted octanol–water partition coefficient (Wildman–Crippen LogP) is 15.3. The van der Waals surface area contributed by atoms with E-state index < -0.39 is 12.1 Å². The van der Waals surface area contributed by atoms with Crippen LogP contribution in [0.4, 0.5) is 4.79 Å². The van der Waals surface area contributed by atoms with E-state index in [1.807, 2.05) is 14.1 Å². The molecule has 0 radical (unpaired) electrons. The lowest BCUT2D eigenvalue weighted by Gasteiger charge is -2.26. The lowest BCUT2D eigenvalue weighted by atomic mass is 10.0. The van der Waals surface area contributed by atoms with Crippen LogP contribution < -0.4 is 0 Å². The van der Waals surface area contributed by atoms with Gasteiger partial charge in [0.1, 0.15) is 24.9 Å². The molecule has 0 saturated carbocycles. The van der Waals surface area contributed by atoms with Crippen LogP contribution in [0.2, 0.25) is 0 Å². The highest BCUT2D eigenvalue weighted by atomic mass is 16.6. The predicted molar refractivity (Wildman–Crippen MR) is 270 cm³/mol. The molecule has 0 aromatic rings. The molecule has 0 aromatic carbocycles. The Kier molecular flexibility index (Phi) is 45.0. The number of esters is 3. The van der Waals surface area contributed by atoms with Gasteiger partial charge in [0.15, 0.2) is 0 Å². The third-order valence-corrected chi connectivity index (χ3v) is 12.6. The van der Waals surface area contributed by atoms with Crippen molar-refractivity contribution in [2.75, 3.05) is 40.3 Å². The number of carbonyl (C=O) groups excluding carboxylic acids is 4. The molecule has 384 valence electrons. The molecule has 0 spiro atoms. The maximum Gasteiger partial charge on any atom is 0.410 e. The first kappa shape index (κ1) is 62.6. The van der Waals surface area contributed by atoms with Crippen molar-refractivity contribution in [1.82, 2.24) is 9.80 Å². The minimum atomic E-state index is -0.436. The zero-order valence-corrected chi connectivity index (χ0v) is 43.9. The van der Waals surface area contributed by atoms with Crippen LogP contribution in [0.5, 0.6) is 0 Å². The van der Waals surface area contributed by atoms with Gasteiger partial charge in [-0.3, -0.25) is 19.3 Å². The van der Waals surface area contributed by atoms with Gasteiger partial charge in [0.25, 0.3) is 0 Å². The lowest BCUT2D eigenvalue weighted by Crippen LogP contribution is -2.40. The van der Waals surface area contributed by atoms with Crippen molar-refractivity contribution in [1.29, 1.82) is 0 Å². The summed E-state index contributed by atoms with van der Waals surface area (Å²) in [6.07, 6.45) is 38.2. The van der Waals surface area contributed by atoms with Gasteiger partial charge in [0.2, 0.25) is 0 Å². The third kappa shape index (κ3) is 41.6. The van der Waals surface area contributed by atoms with Crippen molar-refractivity contribution in [3.63, 3.8) is 0 Å². The molecule has 0 aromatic heterocycles. The first-order valence-corrected chi connectivity index (χ1v) is 27.7. The van der Waals surface area contributed by atoms with Gasteiger partial charge in [0, 0.05) is 19.4 Å². The highest BCUT2D eigenvalue weighted by Gasteiger charge is 2.23. The summed E-state index contributed by atoms with van der Waals surface area (Å²) in [5, 5.41) is 0. The Morgan fingerprint density at radius 1 is 0.369 bits per heavy atom. The van der Waals surface area contributed by atoms with Gasteiger partial charge in [-0.15, -0.1) is 0 Å². The van der Waals surface area contributed by atoms with E-state index in [9.17, 15) is 19.2 Å². The molecule has 0 unspecified atom stereocenters. The normalized spacial score (nSPS) is 11.6. The van der Waals surface area contributed by atoms with Crippen LogP contribution in [-0.4, -0.2) is 92.4 Å². The maximum absolute atomic E-state index is 13.5. The number of amides is 1. The number of unbranched alkanes of at least 4 members (excludes halogenated alkanes) is 22. The number of rotatable bonds is 48. The van der Waals surface area contributed by atoms with E-state index in [0.717, 1.165) is 154 Å². The molecule has 0 saturated heterocycles. The van der Waals surface area contributed by atoms with E-state index in [4.69, 9.17) is 18.9 Å². The van der Waals surface area contributed by atoms with Crippen molar-refractivity contribution in [2.24, 2.45) is 0 Å². The summed E-state index contributed by atoms with van der Waals surface area (Å²) >= 11 is 0. The molecular formula is C55H106N2O8. The Morgan fingerprint density at radius 2 is 0.692 bits per heavy atom. The number of nitrogens with zero attached hydrogens (tertiary/aromatic N) is 2. The summed E-state index contributed by atoms with van der Waals surface area (Å²) < 4.78 is 23.3. The molecule has 0 N–H and O–H groups in total. The van der Waals surface area contributed by atoms with Crippen LogP contribution in [0.25, 0.3) is 0 Å². The fraction of sp³-hybridized carbons (Fsp3) is 0.927. The average molecular weight is 923 g/mol. The van der Waals surface area contributed by atoms with E-state index >= 15 is 0 Å². The molecule has 0 bridgehead atoms. The standard InChI is InChI=1S/C55H106N2O8/c1-8-13-17-29-38-49(39-30-18-14-9-2)63-52(58)44-35-27-23-21-25-33-42-51(65-55(61)57(47-37-46-56(6)7)48-54(60)62-12-5)43-34-26-22-24-28-36-45-53(59)64-50(40-31-19-15-10-3)41-32-20-16-11-4/h49-51H,8-48H2,1-7H3. The summed E-state index contributed by atoms with van der Waals surface area (Å²) in [4.78, 5) is 55.1. The fourth-order valence-electron chi connectivity index (χ4n) is 8.56. The number of hydrogen-bond acceptors (Lipinski definition) is 9. The second kappa shape index (κ2) is 46.7. The zero-order valence-electron chi connectivity index (χ0n) is 43.9. The minimum absolute atomic E-state index is 0.0330. The summed E-state index contributed by atoms with van der Waals surface area (Å²) in [5.74, 6) is -0.481. The topological polar surface area (TPSA) is 112 Å². The molecule has 1 amide bonds. The van der Waals surface area contributed by atoms with Crippen molar-refractivity contribution < 1.29 is 38.1 Å². The number of hydrogen-bond donors (Lipinski definition) is 0. The average Bonchev–Trinajstić information content (AvgIpc) is 3.27. The quantitative estimate of drug-likeness (QED) is 0.0334. The molecule has 0 aliphatic carbocycles. The molecule has 10 heteroatoms. The molecule has 0 aliphatic heterocycles. The van der Waals surface area contributed by atoms with E-state index in [0.29, 0.717) is 19.4 Å². The Bertz CT molecular complexity index is 1020. The van der Waals surface area contributed by atoms with E-state index in [2.05, 4.69) is 32.6 Å². The largest absolute Gasteiger partial charge is 0.465 e. The van der Waals surface area contributed by atoms with Crippen molar-refractivity contribution in [2.45, 2.75) is 291 Å². The highest BCUT2D eigenvalue weighted by molar-refractivity contribution is 5.78. The minimum Gasteiger partial charge on any atom is -0.465 e. The fourth-order valence-corrected chi connectivity index (χ4v) is 8.56. The first-order valence-electron chi connectivity index (χ1n) is 27.7. The number of carbonyl (C=O) groups is 4. The SMILES string of the molecule is CCCCCCC(CCCCCC)OC(=O)CCCCCCCCC(CCCCCCCCC(=O)OC(CCCCCC)CCCCCC)OC(=O)N(CCCN(C)C)CC(=O)OCC. The Labute approximate surface area is 401 Å². The molecule has 65 heavy (non-hydrogen) atoms. The third-order valence-electron chi connectivity index (χ3n) is 12.6. The molecule has 0 atom stereocenters. The van der Waals surface area contributed by atoms with Crippen LogP contribution >= 0.6 is 0 Å². The van der Waals surface area contributed by atoms with Gasteiger partial charge < -0.3 is 23.8 Å². The highest BCUT2D eigenvalue weighted by Crippen LogP contribution is 2.21. The smallest absolute Gasteiger partial charge is 0.410 e. The molecule has 0 heterocycles. The van der Waals surface area contributed by atoms with Gasteiger partial charge in [0.05, 0.1) is 6.61 Å². The van der Waals surface area contributed by atoms with Gasteiger partial charge in [-0.25, -0.2) is 4.79 Å². The Balaban J connectivity index is 4.97. The van der Waals surface area contributed by atoms with Gasteiger partial charge >= 0.3 is 24.0 Å². The van der Waals surface area contributed by atoms with Crippen molar-refractivity contribution >= 4 is 24.0 Å². The summed E-state index contributed by atoms with van der Waals surface area (Å²) in [7, 11) is 3.99. The van der Waals surface area contributed by atoms with E-state index in [1.54, 1.807) is 6.92 Å². The first-order chi connectivity index (χ1) is 31.6. The Morgan fingerprint density at radius 3 is 1.03 bits per heavy atom. The number of ether oxygens (including phenoxy) is 4.